The zero-order valence-electron chi connectivity index (χ0n) is 17.6. The van der Waals surface area contributed by atoms with Crippen LogP contribution in [0.2, 0.25) is 10.0 Å². The Balaban J connectivity index is 1.50. The SMILES string of the molecule is C[C@@H](NC(=O)c1ccc([NH+]2C=CC=N2)cc1)[C@H](Cc1ccc(Cl)cc1)c1ccc(Cl)cc1. The van der Waals surface area contributed by atoms with E-state index < -0.39 is 0 Å². The van der Waals surface area contributed by atoms with Gasteiger partial charge in [0, 0.05) is 45.8 Å². The Hall–Kier alpha value is -2.92. The molecular formula is C26H24Cl2N3O+. The van der Waals surface area contributed by atoms with E-state index in [2.05, 4.69) is 10.4 Å². The van der Waals surface area contributed by atoms with E-state index in [1.807, 2.05) is 92.0 Å². The van der Waals surface area contributed by atoms with Crippen LogP contribution in [0.1, 0.15) is 34.3 Å². The fraction of sp³-hybridized carbons (Fsp3) is 0.154. The Labute approximate surface area is 198 Å². The summed E-state index contributed by atoms with van der Waals surface area (Å²) in [5, 5.41) is 9.78. The van der Waals surface area contributed by atoms with Gasteiger partial charge in [-0.25, -0.2) is 0 Å². The predicted octanol–water partition coefficient (Wildman–Crippen LogP) is 5.17. The Morgan fingerprint density at radius 2 is 1.56 bits per heavy atom. The number of halogens is 2. The molecule has 0 spiro atoms. The Kier molecular flexibility index (Phi) is 7.05. The highest BCUT2D eigenvalue weighted by Gasteiger charge is 2.23. The molecule has 1 aliphatic rings. The molecule has 1 heterocycles. The summed E-state index contributed by atoms with van der Waals surface area (Å²) in [4.78, 5) is 13.0. The quantitative estimate of drug-likeness (QED) is 0.497. The smallest absolute Gasteiger partial charge is 0.251 e. The molecule has 0 aliphatic carbocycles. The van der Waals surface area contributed by atoms with Crippen molar-refractivity contribution in [3.8, 4) is 0 Å². The van der Waals surface area contributed by atoms with Crippen molar-refractivity contribution in [3.05, 3.63) is 112 Å². The van der Waals surface area contributed by atoms with Crippen molar-refractivity contribution in [1.29, 1.82) is 0 Å². The minimum atomic E-state index is -0.102. The zero-order chi connectivity index (χ0) is 22.5. The van der Waals surface area contributed by atoms with Crippen LogP contribution >= 0.6 is 23.2 Å². The molecule has 3 aromatic rings. The number of carbonyl (C=O) groups excluding carboxylic acids is 1. The molecular weight excluding hydrogens is 441 g/mol. The van der Waals surface area contributed by atoms with Gasteiger partial charge in [0.15, 0.2) is 5.69 Å². The lowest BCUT2D eigenvalue weighted by Crippen LogP contribution is -2.96. The molecule has 1 aliphatic heterocycles. The van der Waals surface area contributed by atoms with E-state index in [9.17, 15) is 4.79 Å². The van der Waals surface area contributed by atoms with Crippen molar-refractivity contribution in [2.45, 2.75) is 25.3 Å². The van der Waals surface area contributed by atoms with E-state index in [-0.39, 0.29) is 17.9 Å². The number of benzene rings is 3. The van der Waals surface area contributed by atoms with Gasteiger partial charge in [-0.1, -0.05) is 52.6 Å². The number of rotatable bonds is 7. The van der Waals surface area contributed by atoms with Crippen LogP contribution in [0, 0.1) is 0 Å². The van der Waals surface area contributed by atoms with E-state index in [1.165, 1.54) is 0 Å². The van der Waals surface area contributed by atoms with Crippen LogP contribution in [-0.2, 0) is 6.42 Å². The maximum atomic E-state index is 13.0. The summed E-state index contributed by atoms with van der Waals surface area (Å²) in [6.07, 6.45) is 6.37. The third-order valence-corrected chi connectivity index (χ3v) is 6.13. The molecule has 0 aromatic heterocycles. The lowest BCUT2D eigenvalue weighted by atomic mass is 9.86. The summed E-state index contributed by atoms with van der Waals surface area (Å²) in [5.74, 6) is -0.0280. The normalized spacial score (nSPS) is 16.7. The van der Waals surface area contributed by atoms with Crippen LogP contribution < -0.4 is 10.3 Å². The summed E-state index contributed by atoms with van der Waals surface area (Å²) in [7, 11) is 0. The molecule has 0 bridgehead atoms. The number of allylic oxidation sites excluding steroid dienone is 1. The first-order valence-electron chi connectivity index (χ1n) is 10.5. The molecule has 2 N–H and O–H groups in total. The van der Waals surface area contributed by atoms with Gasteiger partial charge < -0.3 is 5.32 Å². The second kappa shape index (κ2) is 10.1. The predicted molar refractivity (Wildman–Crippen MR) is 131 cm³/mol. The second-order valence-electron chi connectivity index (χ2n) is 7.85. The maximum absolute atomic E-state index is 13.0. The minimum absolute atomic E-state index is 0.0742. The van der Waals surface area contributed by atoms with Crippen molar-refractivity contribution < 1.29 is 9.80 Å². The average molecular weight is 465 g/mol. The molecule has 3 aromatic carbocycles. The van der Waals surface area contributed by atoms with Crippen molar-refractivity contribution >= 4 is 41.0 Å². The molecule has 0 saturated heterocycles. The fourth-order valence-electron chi connectivity index (χ4n) is 3.82. The van der Waals surface area contributed by atoms with E-state index in [4.69, 9.17) is 23.2 Å². The largest absolute Gasteiger partial charge is 0.349 e. The highest BCUT2D eigenvalue weighted by molar-refractivity contribution is 6.30. The van der Waals surface area contributed by atoms with E-state index in [0.29, 0.717) is 15.6 Å². The van der Waals surface area contributed by atoms with Crippen LogP contribution in [0.25, 0.3) is 0 Å². The first-order chi connectivity index (χ1) is 15.5. The van der Waals surface area contributed by atoms with E-state index in [0.717, 1.165) is 28.2 Å². The molecule has 32 heavy (non-hydrogen) atoms. The Bertz CT molecular complexity index is 1110. The van der Waals surface area contributed by atoms with Gasteiger partial charge in [0.05, 0.1) is 6.21 Å². The van der Waals surface area contributed by atoms with Gasteiger partial charge in [-0.05, 0) is 60.9 Å². The van der Waals surface area contributed by atoms with Gasteiger partial charge in [0.1, 0.15) is 6.20 Å². The number of nitrogens with zero attached hydrogens (tertiary/aromatic N) is 1. The van der Waals surface area contributed by atoms with E-state index in [1.54, 1.807) is 6.21 Å². The molecule has 3 atom stereocenters. The standard InChI is InChI=1S/C26H23Cl2N3O/c1-18(30-26(32)21-7-13-24(14-8-21)31-16-2-15-29-31)25(20-5-11-23(28)12-6-20)17-19-3-9-22(27)10-4-19/h2-16,18,25H,17H2,1H3,(H,30,32)/p+1/t18-,25+/m1/s1. The van der Waals surface area contributed by atoms with Crippen LogP contribution in [0.15, 0.2) is 90.2 Å². The molecule has 4 rings (SSSR count). The molecule has 0 saturated carbocycles. The second-order valence-corrected chi connectivity index (χ2v) is 8.72. The molecule has 1 unspecified atom stereocenters. The first-order valence-corrected chi connectivity index (χ1v) is 11.2. The van der Waals surface area contributed by atoms with Crippen LogP contribution in [-0.4, -0.2) is 18.2 Å². The maximum Gasteiger partial charge on any atom is 0.251 e. The number of nitrogens with one attached hydrogen (secondary N) is 2. The van der Waals surface area contributed by atoms with Gasteiger partial charge in [-0.2, -0.15) is 5.01 Å². The van der Waals surface area contributed by atoms with Crippen molar-refractivity contribution in [1.82, 2.24) is 5.32 Å². The van der Waals surface area contributed by atoms with Gasteiger partial charge in [-0.15, -0.1) is 0 Å². The lowest BCUT2D eigenvalue weighted by molar-refractivity contribution is -0.779. The molecule has 0 radical (unpaired) electrons. The lowest BCUT2D eigenvalue weighted by Gasteiger charge is -2.26. The number of hydrogen-bond acceptors (Lipinski definition) is 2. The third-order valence-electron chi connectivity index (χ3n) is 5.63. The highest BCUT2D eigenvalue weighted by atomic mass is 35.5. The van der Waals surface area contributed by atoms with Gasteiger partial charge in [0.2, 0.25) is 0 Å². The van der Waals surface area contributed by atoms with Gasteiger partial charge >= 0.3 is 0 Å². The summed E-state index contributed by atoms with van der Waals surface area (Å²) in [6, 6.07) is 23.1. The van der Waals surface area contributed by atoms with Crippen molar-refractivity contribution in [2.24, 2.45) is 5.10 Å². The molecule has 6 heteroatoms. The molecule has 1 amide bonds. The highest BCUT2D eigenvalue weighted by Crippen LogP contribution is 2.27. The average Bonchev–Trinajstić information content (AvgIpc) is 3.34. The summed E-state index contributed by atoms with van der Waals surface area (Å²) in [6.45, 7) is 2.04. The fourth-order valence-corrected chi connectivity index (χ4v) is 4.07. The Morgan fingerprint density at radius 1 is 0.938 bits per heavy atom. The van der Waals surface area contributed by atoms with Gasteiger partial charge in [0.25, 0.3) is 5.91 Å². The monoisotopic (exact) mass is 464 g/mol. The number of amides is 1. The van der Waals surface area contributed by atoms with Gasteiger partial charge in [-0.3, -0.25) is 4.79 Å². The number of carbonyl (C=O) groups is 1. The summed E-state index contributed by atoms with van der Waals surface area (Å²) < 4.78 is 0. The van der Waals surface area contributed by atoms with E-state index >= 15 is 0 Å². The van der Waals surface area contributed by atoms with Crippen LogP contribution in [0.4, 0.5) is 5.69 Å². The topological polar surface area (TPSA) is 45.9 Å². The van der Waals surface area contributed by atoms with Crippen LogP contribution in [0.5, 0.6) is 0 Å². The summed E-state index contributed by atoms with van der Waals surface area (Å²) >= 11 is 12.1. The molecule has 162 valence electrons. The minimum Gasteiger partial charge on any atom is -0.349 e. The first kappa shape index (κ1) is 22.3. The zero-order valence-corrected chi connectivity index (χ0v) is 19.1. The van der Waals surface area contributed by atoms with Crippen molar-refractivity contribution in [2.75, 3.05) is 0 Å². The van der Waals surface area contributed by atoms with Crippen molar-refractivity contribution in [3.63, 3.8) is 0 Å². The summed E-state index contributed by atoms with van der Waals surface area (Å²) in [5.41, 5.74) is 3.88. The number of hydrogen-bond donors (Lipinski definition) is 2. The molecule has 0 fully saturated rings. The van der Waals surface area contributed by atoms with Crippen LogP contribution in [0.3, 0.4) is 0 Å². The molecule has 4 nitrogen and oxygen atoms in total. The third kappa shape index (κ3) is 5.46. The Morgan fingerprint density at radius 3 is 2.16 bits per heavy atom. The number of quaternary nitrogens is 1.